The number of nitrogens with zero attached hydrogens (tertiary/aromatic N) is 1. The lowest BCUT2D eigenvalue weighted by Crippen LogP contribution is -2.38. The van der Waals surface area contributed by atoms with Crippen LogP contribution in [0.3, 0.4) is 0 Å². The first-order valence-electron chi connectivity index (χ1n) is 11.1. The van der Waals surface area contributed by atoms with E-state index in [4.69, 9.17) is 9.57 Å². The molecule has 1 spiro atoms. The number of halogens is 1. The molecule has 0 aromatic heterocycles. The van der Waals surface area contributed by atoms with Crippen LogP contribution >= 0.6 is 0 Å². The standard InChI is InChI=1S/C24H32FN3O2/c1-3-28(4-2)29-17-20-8-6-18(16-27-20)22-15-24(10-5-12-26-13-11-24)30-23-9-7-19(25)14-21(22)23/h6-9,14-16,20,26-27H,3-5,10-13,17H2,1-2H3. The van der Waals surface area contributed by atoms with E-state index in [1.165, 1.54) is 6.07 Å². The Labute approximate surface area is 178 Å². The SMILES string of the molecule is CCN(CC)OCC1C=CC(C2=CC3(CCCNCC3)Oc3ccc(F)cc32)=CN1. The first kappa shape index (κ1) is 21.1. The van der Waals surface area contributed by atoms with E-state index in [2.05, 4.69) is 42.7 Å². The molecule has 0 aliphatic carbocycles. The molecule has 0 amide bonds. The van der Waals surface area contributed by atoms with Crippen LogP contribution in [0, 0.1) is 5.82 Å². The first-order chi connectivity index (χ1) is 14.6. The van der Waals surface area contributed by atoms with Crippen molar-refractivity contribution >= 4 is 5.57 Å². The summed E-state index contributed by atoms with van der Waals surface area (Å²) in [6, 6.07) is 4.93. The number of dihydropyridines is 1. The largest absolute Gasteiger partial charge is 0.482 e. The number of rotatable bonds is 6. The predicted molar refractivity (Wildman–Crippen MR) is 117 cm³/mol. The molecule has 1 saturated heterocycles. The maximum Gasteiger partial charge on any atom is 0.129 e. The van der Waals surface area contributed by atoms with Gasteiger partial charge in [-0.15, -0.1) is 0 Å². The van der Waals surface area contributed by atoms with E-state index >= 15 is 0 Å². The summed E-state index contributed by atoms with van der Waals surface area (Å²) in [4.78, 5) is 5.84. The zero-order valence-electron chi connectivity index (χ0n) is 17.9. The molecular formula is C24H32FN3O2. The quantitative estimate of drug-likeness (QED) is 0.695. The normalized spacial score (nSPS) is 25.8. The first-order valence-corrected chi connectivity index (χ1v) is 11.1. The second-order valence-electron chi connectivity index (χ2n) is 8.11. The van der Waals surface area contributed by atoms with E-state index < -0.39 is 0 Å². The van der Waals surface area contributed by atoms with E-state index in [9.17, 15) is 4.39 Å². The Morgan fingerprint density at radius 1 is 1.23 bits per heavy atom. The van der Waals surface area contributed by atoms with Crippen LogP contribution in [-0.2, 0) is 4.84 Å². The smallest absolute Gasteiger partial charge is 0.129 e. The number of hydrogen-bond acceptors (Lipinski definition) is 5. The number of hydroxylamine groups is 2. The number of nitrogens with one attached hydrogen (secondary N) is 2. The van der Waals surface area contributed by atoms with Crippen molar-refractivity contribution in [2.75, 3.05) is 32.8 Å². The van der Waals surface area contributed by atoms with E-state index in [-0.39, 0.29) is 17.5 Å². The summed E-state index contributed by atoms with van der Waals surface area (Å²) in [5.74, 6) is 0.512. The molecule has 30 heavy (non-hydrogen) atoms. The van der Waals surface area contributed by atoms with Crippen LogP contribution in [0.25, 0.3) is 5.57 Å². The van der Waals surface area contributed by atoms with Gasteiger partial charge in [0.2, 0.25) is 0 Å². The molecule has 3 aliphatic heterocycles. The second-order valence-corrected chi connectivity index (χ2v) is 8.11. The number of ether oxygens (including phenoxy) is 1. The lowest BCUT2D eigenvalue weighted by molar-refractivity contribution is -0.155. The van der Waals surface area contributed by atoms with Crippen molar-refractivity contribution in [3.63, 3.8) is 0 Å². The second kappa shape index (κ2) is 9.33. The zero-order chi connectivity index (χ0) is 21.0. The van der Waals surface area contributed by atoms with Gasteiger partial charge in [-0.2, -0.15) is 5.06 Å². The summed E-state index contributed by atoms with van der Waals surface area (Å²) in [5.41, 5.74) is 2.54. The Bertz CT molecular complexity index is 837. The molecule has 3 heterocycles. The molecule has 1 aromatic carbocycles. The van der Waals surface area contributed by atoms with Crippen molar-refractivity contribution in [1.29, 1.82) is 0 Å². The maximum atomic E-state index is 14.1. The molecule has 2 atom stereocenters. The van der Waals surface area contributed by atoms with E-state index in [1.54, 1.807) is 12.1 Å². The molecule has 2 N–H and O–H groups in total. The predicted octanol–water partition coefficient (Wildman–Crippen LogP) is 3.80. The van der Waals surface area contributed by atoms with Gasteiger partial charge in [0.1, 0.15) is 17.2 Å². The molecule has 6 heteroatoms. The van der Waals surface area contributed by atoms with Crippen LogP contribution in [-0.4, -0.2) is 49.5 Å². The average molecular weight is 414 g/mol. The van der Waals surface area contributed by atoms with Gasteiger partial charge >= 0.3 is 0 Å². The van der Waals surface area contributed by atoms with Gasteiger partial charge in [-0.25, -0.2) is 4.39 Å². The van der Waals surface area contributed by atoms with Gasteiger partial charge in [-0.1, -0.05) is 26.0 Å². The Hall–Kier alpha value is -2.15. The van der Waals surface area contributed by atoms with Crippen LogP contribution in [0.2, 0.25) is 0 Å². The Kier molecular flexibility index (Phi) is 6.56. The van der Waals surface area contributed by atoms with Gasteiger partial charge < -0.3 is 15.4 Å². The van der Waals surface area contributed by atoms with Crippen LogP contribution in [0.1, 0.15) is 38.7 Å². The van der Waals surface area contributed by atoms with Gasteiger partial charge in [0, 0.05) is 31.3 Å². The number of hydrogen-bond donors (Lipinski definition) is 2. The van der Waals surface area contributed by atoms with Gasteiger partial charge in [-0.05, 0) is 61.4 Å². The highest BCUT2D eigenvalue weighted by Crippen LogP contribution is 2.43. The third-order valence-corrected chi connectivity index (χ3v) is 6.04. The highest BCUT2D eigenvalue weighted by atomic mass is 19.1. The minimum Gasteiger partial charge on any atom is -0.482 e. The molecule has 1 fully saturated rings. The fourth-order valence-corrected chi connectivity index (χ4v) is 4.32. The highest BCUT2D eigenvalue weighted by Gasteiger charge is 2.36. The third kappa shape index (κ3) is 4.61. The third-order valence-electron chi connectivity index (χ3n) is 6.04. The van der Waals surface area contributed by atoms with Crippen molar-refractivity contribution < 1.29 is 14.0 Å². The average Bonchev–Trinajstić information content (AvgIpc) is 3.00. The molecule has 0 bridgehead atoms. The summed E-state index contributed by atoms with van der Waals surface area (Å²) >= 11 is 0. The van der Waals surface area contributed by atoms with Crippen molar-refractivity contribution in [2.24, 2.45) is 0 Å². The van der Waals surface area contributed by atoms with Crippen LogP contribution in [0.4, 0.5) is 4.39 Å². The Balaban J connectivity index is 1.57. The highest BCUT2D eigenvalue weighted by molar-refractivity contribution is 5.86. The van der Waals surface area contributed by atoms with Gasteiger partial charge in [-0.3, -0.25) is 4.84 Å². The van der Waals surface area contributed by atoms with Crippen molar-refractivity contribution in [3.05, 3.63) is 59.6 Å². The summed E-state index contributed by atoms with van der Waals surface area (Å²) in [6.07, 6.45) is 11.4. The maximum absolute atomic E-state index is 14.1. The molecular weight excluding hydrogens is 381 g/mol. The van der Waals surface area contributed by atoms with E-state index in [1.807, 2.05) is 11.3 Å². The van der Waals surface area contributed by atoms with Gasteiger partial charge in [0.05, 0.1) is 12.6 Å². The minimum atomic E-state index is -0.346. The molecule has 5 nitrogen and oxygen atoms in total. The molecule has 2 unspecified atom stereocenters. The summed E-state index contributed by atoms with van der Waals surface area (Å²) in [7, 11) is 0. The molecule has 3 aliphatic rings. The fourth-order valence-electron chi connectivity index (χ4n) is 4.32. The lowest BCUT2D eigenvalue weighted by Gasteiger charge is -2.37. The van der Waals surface area contributed by atoms with Crippen molar-refractivity contribution in [3.8, 4) is 5.75 Å². The number of fused-ring (bicyclic) bond motifs is 1. The van der Waals surface area contributed by atoms with E-state index in [0.29, 0.717) is 6.61 Å². The van der Waals surface area contributed by atoms with Crippen LogP contribution in [0.15, 0.2) is 48.2 Å². The fraction of sp³-hybridized carbons (Fsp3) is 0.500. The van der Waals surface area contributed by atoms with Crippen molar-refractivity contribution in [1.82, 2.24) is 15.7 Å². The van der Waals surface area contributed by atoms with E-state index in [0.717, 1.165) is 67.9 Å². The molecule has 162 valence electrons. The van der Waals surface area contributed by atoms with Gasteiger partial charge in [0.15, 0.2) is 0 Å². The summed E-state index contributed by atoms with van der Waals surface area (Å²) in [5, 5.41) is 8.83. The van der Waals surface area contributed by atoms with Gasteiger partial charge in [0.25, 0.3) is 0 Å². The molecule has 0 saturated carbocycles. The number of allylic oxidation sites excluding steroid dienone is 3. The Morgan fingerprint density at radius 3 is 2.87 bits per heavy atom. The molecule has 0 radical (unpaired) electrons. The zero-order valence-corrected chi connectivity index (χ0v) is 17.9. The minimum absolute atomic E-state index is 0.109. The molecule has 4 rings (SSSR count). The van der Waals surface area contributed by atoms with Crippen molar-refractivity contribution in [2.45, 2.75) is 44.8 Å². The summed E-state index contributed by atoms with van der Waals surface area (Å²) < 4.78 is 20.5. The molecule has 1 aromatic rings. The topological polar surface area (TPSA) is 45.8 Å². The van der Waals surface area contributed by atoms with Crippen LogP contribution < -0.4 is 15.4 Å². The Morgan fingerprint density at radius 2 is 2.10 bits per heavy atom. The number of benzene rings is 1. The monoisotopic (exact) mass is 413 g/mol. The summed E-state index contributed by atoms with van der Waals surface area (Å²) in [6.45, 7) is 8.38. The lowest BCUT2D eigenvalue weighted by atomic mass is 9.84. The van der Waals surface area contributed by atoms with Crippen LogP contribution in [0.5, 0.6) is 5.75 Å².